The second-order valence-corrected chi connectivity index (χ2v) is 5.77. The first kappa shape index (κ1) is 13.2. The van der Waals surface area contributed by atoms with Crippen molar-refractivity contribution in [2.75, 3.05) is 18.0 Å². The fourth-order valence-electron chi connectivity index (χ4n) is 2.40. The van der Waals surface area contributed by atoms with E-state index in [2.05, 4.69) is 5.32 Å². The molecule has 0 atom stereocenters. The fraction of sp³-hybridized carbons (Fsp3) is 0.286. The first-order valence-corrected chi connectivity index (χ1v) is 7.24. The molecule has 1 aromatic rings. The Morgan fingerprint density at radius 1 is 1.25 bits per heavy atom. The summed E-state index contributed by atoms with van der Waals surface area (Å²) >= 11 is 0.833. The van der Waals surface area contributed by atoms with Gasteiger partial charge in [0.05, 0.1) is 10.6 Å². The van der Waals surface area contributed by atoms with Crippen LogP contribution in [0.1, 0.15) is 18.4 Å². The quantitative estimate of drug-likeness (QED) is 0.852. The topological polar surface area (TPSA) is 49.4 Å². The number of carbonyl (C=O) groups excluding carboxylic acids is 2. The second-order valence-electron chi connectivity index (χ2n) is 4.76. The highest BCUT2D eigenvalue weighted by molar-refractivity contribution is 8.18. The van der Waals surface area contributed by atoms with E-state index < -0.39 is 11.1 Å². The minimum absolute atomic E-state index is 0.295. The highest BCUT2D eigenvalue weighted by Gasteiger charge is 2.25. The summed E-state index contributed by atoms with van der Waals surface area (Å²) in [5.41, 5.74) is 1.18. The van der Waals surface area contributed by atoms with Gasteiger partial charge in [-0.3, -0.25) is 14.9 Å². The molecule has 1 N–H and O–H groups in total. The molecule has 0 bridgehead atoms. The number of hydrogen-bond acceptors (Lipinski definition) is 4. The zero-order valence-corrected chi connectivity index (χ0v) is 11.5. The number of halogens is 1. The molecule has 0 unspecified atom stereocenters. The van der Waals surface area contributed by atoms with Crippen molar-refractivity contribution < 1.29 is 14.0 Å². The molecule has 2 saturated heterocycles. The molecule has 0 aliphatic carbocycles. The minimum atomic E-state index is -0.427. The summed E-state index contributed by atoms with van der Waals surface area (Å²) in [4.78, 5) is 24.8. The number of nitrogens with one attached hydrogen (secondary N) is 1. The van der Waals surface area contributed by atoms with Gasteiger partial charge in [0.2, 0.25) is 0 Å². The maximum Gasteiger partial charge on any atom is 0.290 e. The standard InChI is InChI=1S/C14H13FN2O2S/c15-10-7-9(8-12-13(18)16-14(19)20-12)3-4-11(10)17-5-1-2-6-17/h3-4,7-8H,1-2,5-6H2,(H,16,18,19)/b12-8+. The van der Waals surface area contributed by atoms with Crippen LogP contribution in [0.4, 0.5) is 14.9 Å². The first-order chi connectivity index (χ1) is 9.63. The van der Waals surface area contributed by atoms with E-state index in [0.29, 0.717) is 16.2 Å². The van der Waals surface area contributed by atoms with Crippen LogP contribution in [0.2, 0.25) is 0 Å². The second kappa shape index (κ2) is 5.28. The smallest absolute Gasteiger partial charge is 0.290 e. The van der Waals surface area contributed by atoms with Gasteiger partial charge in [0.25, 0.3) is 11.1 Å². The van der Waals surface area contributed by atoms with Gasteiger partial charge >= 0.3 is 0 Å². The third-order valence-corrected chi connectivity index (χ3v) is 4.17. The van der Waals surface area contributed by atoms with Crippen LogP contribution in [0.25, 0.3) is 6.08 Å². The van der Waals surface area contributed by atoms with Crippen molar-refractivity contribution in [3.63, 3.8) is 0 Å². The van der Waals surface area contributed by atoms with Gasteiger partial charge < -0.3 is 4.90 Å². The van der Waals surface area contributed by atoms with Gasteiger partial charge in [0, 0.05) is 13.1 Å². The van der Waals surface area contributed by atoms with Crippen molar-refractivity contribution in [1.29, 1.82) is 0 Å². The van der Waals surface area contributed by atoms with E-state index in [1.807, 2.05) is 4.90 Å². The lowest BCUT2D eigenvalue weighted by Crippen LogP contribution is -2.19. The van der Waals surface area contributed by atoms with Crippen molar-refractivity contribution in [2.45, 2.75) is 12.8 Å². The number of carbonyl (C=O) groups is 2. The van der Waals surface area contributed by atoms with Gasteiger partial charge in [0.1, 0.15) is 5.82 Å². The van der Waals surface area contributed by atoms with Crippen LogP contribution in [0.15, 0.2) is 23.1 Å². The summed E-state index contributed by atoms with van der Waals surface area (Å²) in [6.07, 6.45) is 3.70. The molecule has 0 spiro atoms. The molecule has 1 aromatic carbocycles. The average Bonchev–Trinajstić information content (AvgIpc) is 3.00. The number of benzene rings is 1. The molecule has 3 rings (SSSR count). The zero-order valence-electron chi connectivity index (χ0n) is 10.7. The number of hydrogen-bond donors (Lipinski definition) is 1. The fourth-order valence-corrected chi connectivity index (χ4v) is 3.08. The Balaban J connectivity index is 1.85. The third kappa shape index (κ3) is 2.56. The van der Waals surface area contributed by atoms with E-state index in [0.717, 1.165) is 37.7 Å². The van der Waals surface area contributed by atoms with Crippen LogP contribution in [0.3, 0.4) is 0 Å². The van der Waals surface area contributed by atoms with Crippen LogP contribution < -0.4 is 10.2 Å². The van der Waals surface area contributed by atoms with Gasteiger partial charge in [-0.25, -0.2) is 4.39 Å². The molecule has 4 nitrogen and oxygen atoms in total. The van der Waals surface area contributed by atoms with Gasteiger partial charge in [-0.2, -0.15) is 0 Å². The maximum absolute atomic E-state index is 14.1. The number of imide groups is 1. The zero-order chi connectivity index (χ0) is 14.1. The summed E-state index contributed by atoms with van der Waals surface area (Å²) in [6, 6.07) is 4.89. The molecule has 2 heterocycles. The molecule has 6 heteroatoms. The van der Waals surface area contributed by atoms with E-state index in [-0.39, 0.29) is 5.82 Å². The Morgan fingerprint density at radius 3 is 2.60 bits per heavy atom. The lowest BCUT2D eigenvalue weighted by atomic mass is 10.1. The van der Waals surface area contributed by atoms with Crippen LogP contribution in [-0.2, 0) is 4.79 Å². The monoisotopic (exact) mass is 292 g/mol. The molecular weight excluding hydrogens is 279 g/mol. The number of anilines is 1. The van der Waals surface area contributed by atoms with Crippen molar-refractivity contribution >= 4 is 34.7 Å². The number of thioether (sulfide) groups is 1. The van der Waals surface area contributed by atoms with Gasteiger partial charge in [-0.15, -0.1) is 0 Å². The predicted octanol–water partition coefficient (Wildman–Crippen LogP) is 2.75. The van der Waals surface area contributed by atoms with Crippen LogP contribution in [0.5, 0.6) is 0 Å². The lowest BCUT2D eigenvalue weighted by molar-refractivity contribution is -0.115. The maximum atomic E-state index is 14.1. The van der Waals surface area contributed by atoms with E-state index in [4.69, 9.17) is 0 Å². The molecule has 20 heavy (non-hydrogen) atoms. The molecule has 0 aromatic heterocycles. The highest BCUT2D eigenvalue weighted by atomic mass is 32.2. The van der Waals surface area contributed by atoms with Crippen molar-refractivity contribution in [2.24, 2.45) is 0 Å². The Hall–Kier alpha value is -1.82. The lowest BCUT2D eigenvalue weighted by Gasteiger charge is -2.18. The summed E-state index contributed by atoms with van der Waals surface area (Å²) in [5.74, 6) is -0.722. The van der Waals surface area contributed by atoms with Crippen LogP contribution in [-0.4, -0.2) is 24.2 Å². The Kier molecular flexibility index (Phi) is 3.48. The van der Waals surface area contributed by atoms with E-state index in [1.54, 1.807) is 12.1 Å². The highest BCUT2D eigenvalue weighted by Crippen LogP contribution is 2.28. The van der Waals surface area contributed by atoms with Crippen molar-refractivity contribution in [3.8, 4) is 0 Å². The van der Waals surface area contributed by atoms with Crippen molar-refractivity contribution in [3.05, 3.63) is 34.5 Å². The van der Waals surface area contributed by atoms with Crippen LogP contribution in [0, 0.1) is 5.82 Å². The number of amides is 2. The minimum Gasteiger partial charge on any atom is -0.369 e. The number of nitrogens with zero attached hydrogens (tertiary/aromatic N) is 1. The number of rotatable bonds is 2. The predicted molar refractivity (Wildman–Crippen MR) is 77.0 cm³/mol. The Bertz CT molecular complexity index is 609. The van der Waals surface area contributed by atoms with E-state index in [1.165, 1.54) is 12.1 Å². The molecule has 2 aliphatic rings. The largest absolute Gasteiger partial charge is 0.369 e. The van der Waals surface area contributed by atoms with Gasteiger partial charge in [-0.05, 0) is 48.4 Å². The van der Waals surface area contributed by atoms with E-state index in [9.17, 15) is 14.0 Å². The van der Waals surface area contributed by atoms with E-state index >= 15 is 0 Å². The van der Waals surface area contributed by atoms with Gasteiger partial charge in [0.15, 0.2) is 0 Å². The third-order valence-electron chi connectivity index (χ3n) is 3.36. The summed E-state index contributed by atoms with van der Waals surface area (Å²) in [5, 5.41) is 1.78. The molecule has 0 saturated carbocycles. The summed E-state index contributed by atoms with van der Waals surface area (Å²) in [7, 11) is 0. The average molecular weight is 292 g/mol. The first-order valence-electron chi connectivity index (χ1n) is 6.43. The molecular formula is C14H13FN2O2S. The Morgan fingerprint density at radius 2 is 2.00 bits per heavy atom. The van der Waals surface area contributed by atoms with Crippen molar-refractivity contribution in [1.82, 2.24) is 5.32 Å². The molecule has 2 aliphatic heterocycles. The normalized spacial score (nSPS) is 20.9. The van der Waals surface area contributed by atoms with Crippen LogP contribution >= 0.6 is 11.8 Å². The molecule has 2 amide bonds. The Labute approximate surface area is 120 Å². The molecule has 0 radical (unpaired) electrons. The van der Waals surface area contributed by atoms with Gasteiger partial charge in [-0.1, -0.05) is 6.07 Å². The molecule has 2 fully saturated rings. The SMILES string of the molecule is O=C1NC(=O)/C(=C\c2ccc(N3CCCC3)c(F)c2)S1. The summed E-state index contributed by atoms with van der Waals surface area (Å²) in [6.45, 7) is 1.76. The molecule has 104 valence electrons. The summed E-state index contributed by atoms with van der Waals surface area (Å²) < 4.78 is 14.1.